The van der Waals surface area contributed by atoms with Crippen molar-refractivity contribution >= 4 is 43.5 Å². The van der Waals surface area contributed by atoms with Crippen LogP contribution in [0.25, 0.3) is 76.9 Å². The molecule has 0 fully saturated rings. The van der Waals surface area contributed by atoms with Crippen molar-refractivity contribution < 1.29 is 4.42 Å². The molecule has 0 atom stereocenters. The number of hydrogen-bond acceptors (Lipinski definition) is 1. The number of furan rings is 1. The smallest absolute Gasteiger partial charge is 0.136 e. The van der Waals surface area contributed by atoms with E-state index in [0.717, 1.165) is 11.2 Å². The molecule has 0 radical (unpaired) electrons. The van der Waals surface area contributed by atoms with Gasteiger partial charge in [-0.15, -0.1) is 0 Å². The van der Waals surface area contributed by atoms with E-state index < -0.39 is 0 Å². The highest BCUT2D eigenvalue weighted by Gasteiger charge is 2.38. The molecule has 1 heterocycles. The van der Waals surface area contributed by atoms with E-state index in [1.807, 2.05) is 0 Å². The van der Waals surface area contributed by atoms with Gasteiger partial charge >= 0.3 is 0 Å². The van der Waals surface area contributed by atoms with Gasteiger partial charge in [0.1, 0.15) is 11.2 Å². The summed E-state index contributed by atoms with van der Waals surface area (Å²) in [5, 5.41) is 7.43. The molecule has 8 aromatic rings. The van der Waals surface area contributed by atoms with Crippen LogP contribution in [0.1, 0.15) is 25.0 Å². The molecule has 0 bridgehead atoms. The molecule has 42 heavy (non-hydrogen) atoms. The molecule has 198 valence electrons. The molecule has 0 amide bonds. The Morgan fingerprint density at radius 2 is 1.14 bits per heavy atom. The molecule has 1 nitrogen and oxygen atoms in total. The highest BCUT2D eigenvalue weighted by atomic mass is 16.3. The summed E-state index contributed by atoms with van der Waals surface area (Å²) in [7, 11) is 0. The van der Waals surface area contributed by atoms with Crippen LogP contribution in [0.4, 0.5) is 0 Å². The van der Waals surface area contributed by atoms with Crippen LogP contribution in [0.3, 0.4) is 0 Å². The zero-order chi connectivity index (χ0) is 28.0. The van der Waals surface area contributed by atoms with Crippen molar-refractivity contribution in [1.29, 1.82) is 0 Å². The standard InChI is InChI=1S/C41H28O/c1-41(2)35-23-29(31-16-9-17-36-39(31)34-22-27-12-6-7-13-28(27)24-37(34)42-36)19-20-32(35)33-21-18-26-14-8-15-30(38(26)40(33)41)25-10-4-3-5-11-25/h3-24H,1-2H3. The first-order chi connectivity index (χ1) is 20.6. The van der Waals surface area contributed by atoms with Crippen molar-refractivity contribution in [2.75, 3.05) is 0 Å². The molecular weight excluding hydrogens is 508 g/mol. The fourth-order valence-corrected chi connectivity index (χ4v) is 7.46. The molecular formula is C41H28O. The van der Waals surface area contributed by atoms with Crippen LogP contribution in [0.15, 0.2) is 138 Å². The zero-order valence-electron chi connectivity index (χ0n) is 23.6. The van der Waals surface area contributed by atoms with E-state index in [0.29, 0.717) is 0 Å². The Labute approximate surface area is 244 Å². The minimum Gasteiger partial charge on any atom is -0.456 e. The van der Waals surface area contributed by atoms with Gasteiger partial charge in [-0.2, -0.15) is 0 Å². The second-order valence-corrected chi connectivity index (χ2v) is 12.1. The molecule has 1 aromatic heterocycles. The lowest BCUT2D eigenvalue weighted by Gasteiger charge is -2.25. The number of rotatable bonds is 2. The van der Waals surface area contributed by atoms with Gasteiger partial charge in [0.15, 0.2) is 0 Å². The van der Waals surface area contributed by atoms with Crippen LogP contribution >= 0.6 is 0 Å². The van der Waals surface area contributed by atoms with Crippen molar-refractivity contribution in [2.45, 2.75) is 19.3 Å². The molecule has 0 spiro atoms. The minimum atomic E-state index is -0.159. The van der Waals surface area contributed by atoms with E-state index in [2.05, 4.69) is 147 Å². The van der Waals surface area contributed by atoms with E-state index in [-0.39, 0.29) is 5.41 Å². The Morgan fingerprint density at radius 3 is 1.98 bits per heavy atom. The third-order valence-corrected chi connectivity index (χ3v) is 9.41. The molecule has 0 N–H and O–H groups in total. The molecule has 0 unspecified atom stereocenters. The highest BCUT2D eigenvalue weighted by Crippen LogP contribution is 2.54. The molecule has 0 aliphatic heterocycles. The lowest BCUT2D eigenvalue weighted by atomic mass is 9.78. The summed E-state index contributed by atoms with van der Waals surface area (Å²) < 4.78 is 6.41. The molecule has 1 aliphatic carbocycles. The summed E-state index contributed by atoms with van der Waals surface area (Å²) in [5.41, 5.74) is 12.2. The van der Waals surface area contributed by atoms with Crippen molar-refractivity contribution in [3.8, 4) is 33.4 Å². The number of hydrogen-bond donors (Lipinski definition) is 0. The second kappa shape index (κ2) is 8.44. The van der Waals surface area contributed by atoms with E-state index in [1.54, 1.807) is 0 Å². The zero-order valence-corrected chi connectivity index (χ0v) is 23.6. The summed E-state index contributed by atoms with van der Waals surface area (Å²) in [5.74, 6) is 0. The number of benzene rings is 7. The Hall–Kier alpha value is -5.14. The fourth-order valence-electron chi connectivity index (χ4n) is 7.46. The van der Waals surface area contributed by atoms with E-state index >= 15 is 0 Å². The van der Waals surface area contributed by atoms with Crippen LogP contribution < -0.4 is 0 Å². The van der Waals surface area contributed by atoms with Crippen LogP contribution in [0.2, 0.25) is 0 Å². The van der Waals surface area contributed by atoms with Gasteiger partial charge in [0.05, 0.1) is 0 Å². The van der Waals surface area contributed by atoms with Crippen LogP contribution in [0, 0.1) is 0 Å². The maximum absolute atomic E-state index is 6.41. The van der Waals surface area contributed by atoms with Gasteiger partial charge < -0.3 is 4.42 Å². The topological polar surface area (TPSA) is 13.1 Å². The van der Waals surface area contributed by atoms with E-state index in [4.69, 9.17) is 4.42 Å². The third kappa shape index (κ3) is 3.19. The van der Waals surface area contributed by atoms with Crippen molar-refractivity contribution in [3.05, 3.63) is 145 Å². The van der Waals surface area contributed by atoms with Gasteiger partial charge in [0.2, 0.25) is 0 Å². The average molecular weight is 537 g/mol. The normalized spacial score (nSPS) is 13.7. The summed E-state index contributed by atoms with van der Waals surface area (Å²) in [6.45, 7) is 4.78. The first-order valence-corrected chi connectivity index (χ1v) is 14.7. The Morgan fingerprint density at radius 1 is 0.452 bits per heavy atom. The molecule has 1 heteroatoms. The molecule has 0 saturated heterocycles. The molecule has 0 saturated carbocycles. The maximum atomic E-state index is 6.41. The second-order valence-electron chi connectivity index (χ2n) is 12.1. The number of fused-ring (bicyclic) bond motifs is 9. The summed E-state index contributed by atoms with van der Waals surface area (Å²) in [6, 6.07) is 48.6. The van der Waals surface area contributed by atoms with Crippen molar-refractivity contribution in [3.63, 3.8) is 0 Å². The van der Waals surface area contributed by atoms with Gasteiger partial charge in [-0.3, -0.25) is 0 Å². The quantitative estimate of drug-likeness (QED) is 0.214. The van der Waals surface area contributed by atoms with E-state index in [9.17, 15) is 0 Å². The molecule has 1 aliphatic rings. The molecule has 7 aromatic carbocycles. The fraction of sp³-hybridized carbons (Fsp3) is 0.0732. The van der Waals surface area contributed by atoms with E-state index in [1.165, 1.54) is 76.8 Å². The van der Waals surface area contributed by atoms with Crippen molar-refractivity contribution in [2.24, 2.45) is 0 Å². The first kappa shape index (κ1) is 23.6. The summed E-state index contributed by atoms with van der Waals surface area (Å²) in [6.07, 6.45) is 0. The lowest BCUT2D eigenvalue weighted by molar-refractivity contribution is 0.666. The van der Waals surface area contributed by atoms with Gasteiger partial charge in [0.25, 0.3) is 0 Å². The average Bonchev–Trinajstić information content (AvgIpc) is 3.51. The van der Waals surface area contributed by atoms with Crippen molar-refractivity contribution in [1.82, 2.24) is 0 Å². The van der Waals surface area contributed by atoms with Gasteiger partial charge in [-0.25, -0.2) is 0 Å². The minimum absolute atomic E-state index is 0.159. The monoisotopic (exact) mass is 536 g/mol. The van der Waals surface area contributed by atoms with Crippen LogP contribution in [-0.2, 0) is 5.41 Å². The summed E-state index contributed by atoms with van der Waals surface area (Å²) >= 11 is 0. The van der Waals surface area contributed by atoms with Gasteiger partial charge in [-0.1, -0.05) is 123 Å². The Kier molecular flexibility index (Phi) is 4.73. The third-order valence-electron chi connectivity index (χ3n) is 9.41. The Balaban J connectivity index is 1.28. The highest BCUT2D eigenvalue weighted by molar-refractivity contribution is 6.16. The largest absolute Gasteiger partial charge is 0.456 e. The SMILES string of the molecule is CC1(C)c2cc(-c3cccc4oc5cc6ccccc6cc5c34)ccc2-c2ccc3cccc(-c4ccccc4)c3c21. The lowest BCUT2D eigenvalue weighted by Crippen LogP contribution is -2.16. The van der Waals surface area contributed by atoms with Gasteiger partial charge in [0, 0.05) is 16.2 Å². The Bertz CT molecular complexity index is 2370. The maximum Gasteiger partial charge on any atom is 0.136 e. The first-order valence-electron chi connectivity index (χ1n) is 14.7. The van der Waals surface area contributed by atoms with Crippen LogP contribution in [0.5, 0.6) is 0 Å². The van der Waals surface area contributed by atoms with Gasteiger partial charge in [-0.05, 0) is 90.3 Å². The summed E-state index contributed by atoms with van der Waals surface area (Å²) in [4.78, 5) is 0. The van der Waals surface area contributed by atoms with Crippen LogP contribution in [-0.4, -0.2) is 0 Å². The predicted molar refractivity (Wildman–Crippen MR) is 177 cm³/mol. The molecule has 9 rings (SSSR count). The predicted octanol–water partition coefficient (Wildman–Crippen LogP) is 11.5.